The minimum Gasteiger partial charge on any atom is -0.426 e. The van der Waals surface area contributed by atoms with Gasteiger partial charge in [-0.05, 0) is 25.0 Å². The fourth-order valence-electron chi connectivity index (χ4n) is 2.98. The van der Waals surface area contributed by atoms with Gasteiger partial charge in [0.2, 0.25) is 0 Å². The van der Waals surface area contributed by atoms with Crippen molar-refractivity contribution in [3.05, 3.63) is 59.7 Å². The number of ether oxygens (including phenoxy) is 2. The number of esters is 2. The van der Waals surface area contributed by atoms with Gasteiger partial charge in [-0.3, -0.25) is 9.59 Å². The van der Waals surface area contributed by atoms with Gasteiger partial charge in [-0.25, -0.2) is 0 Å². The van der Waals surface area contributed by atoms with Gasteiger partial charge < -0.3 is 9.47 Å². The van der Waals surface area contributed by atoms with Crippen LogP contribution in [0.1, 0.15) is 75.0 Å². The van der Waals surface area contributed by atoms with Crippen LogP contribution in [0.5, 0.6) is 11.5 Å². The van der Waals surface area contributed by atoms with E-state index in [2.05, 4.69) is 37.5 Å². The fraction of sp³-hybridized carbons (Fsp3) is 0.357. The molecular weight excluding hydrogens is 432 g/mol. The molecule has 4 nitrogen and oxygen atoms in total. The van der Waals surface area contributed by atoms with Crippen LogP contribution in [0.4, 0.5) is 0 Å². The summed E-state index contributed by atoms with van der Waals surface area (Å²) in [4.78, 5) is 23.4. The molecule has 33 heavy (non-hydrogen) atoms. The SMILES string of the molecule is CCCC#CC(SC(C#CCCC)c1ccccc1OC(C)=O)c1ccccc1OC(C)=O. The van der Waals surface area contributed by atoms with E-state index in [0.29, 0.717) is 11.5 Å². The Morgan fingerprint density at radius 2 is 1.15 bits per heavy atom. The van der Waals surface area contributed by atoms with Crippen LogP contribution >= 0.6 is 11.8 Å². The van der Waals surface area contributed by atoms with Crippen molar-refractivity contribution >= 4 is 23.7 Å². The maximum Gasteiger partial charge on any atom is 0.308 e. The molecule has 0 aliphatic rings. The zero-order chi connectivity index (χ0) is 24.1. The van der Waals surface area contributed by atoms with Crippen molar-refractivity contribution in [3.8, 4) is 35.2 Å². The lowest BCUT2D eigenvalue weighted by molar-refractivity contribution is -0.132. The summed E-state index contributed by atoms with van der Waals surface area (Å²) in [6.07, 6.45) is 3.43. The Labute approximate surface area is 201 Å². The van der Waals surface area contributed by atoms with Gasteiger partial charge in [-0.2, -0.15) is 0 Å². The first-order valence-corrected chi connectivity index (χ1v) is 12.1. The fourth-order valence-corrected chi connectivity index (χ4v) is 4.23. The van der Waals surface area contributed by atoms with Crippen LogP contribution in [0.15, 0.2) is 48.5 Å². The Morgan fingerprint density at radius 1 is 0.758 bits per heavy atom. The van der Waals surface area contributed by atoms with E-state index in [0.717, 1.165) is 36.8 Å². The van der Waals surface area contributed by atoms with E-state index in [1.807, 2.05) is 36.4 Å². The normalized spacial score (nSPS) is 11.8. The average Bonchev–Trinajstić information content (AvgIpc) is 2.78. The van der Waals surface area contributed by atoms with Crippen molar-refractivity contribution in [2.24, 2.45) is 0 Å². The predicted octanol–water partition coefficient (Wildman–Crippen LogP) is 6.66. The molecule has 2 unspecified atom stereocenters. The van der Waals surface area contributed by atoms with Crippen molar-refractivity contribution in [1.82, 2.24) is 0 Å². The Hall–Kier alpha value is -3.15. The second kappa shape index (κ2) is 14.1. The number of hydrogen-bond donors (Lipinski definition) is 0. The second-order valence-corrected chi connectivity index (χ2v) is 8.52. The molecule has 0 fully saturated rings. The van der Waals surface area contributed by atoms with Gasteiger partial charge in [-0.1, -0.05) is 62.1 Å². The van der Waals surface area contributed by atoms with Gasteiger partial charge in [0.15, 0.2) is 0 Å². The summed E-state index contributed by atoms with van der Waals surface area (Å²) in [5.74, 6) is 13.4. The van der Waals surface area contributed by atoms with Crippen LogP contribution in [-0.2, 0) is 9.59 Å². The first-order chi connectivity index (χ1) is 16.0. The number of thioether (sulfide) groups is 1. The molecule has 0 aromatic heterocycles. The lowest BCUT2D eigenvalue weighted by atomic mass is 10.1. The van der Waals surface area contributed by atoms with Crippen molar-refractivity contribution in [2.75, 3.05) is 0 Å². The van der Waals surface area contributed by atoms with Crippen molar-refractivity contribution in [2.45, 2.75) is 63.9 Å². The minimum absolute atomic E-state index is 0.293. The van der Waals surface area contributed by atoms with E-state index in [9.17, 15) is 9.59 Å². The highest BCUT2D eigenvalue weighted by Crippen LogP contribution is 2.45. The molecule has 0 bridgehead atoms. The molecule has 2 aromatic rings. The standard InChI is InChI=1S/C28H30O4S/c1-5-7-9-19-27(23-15-11-13-17-25(23)31-21(3)29)33-28(20-10-8-6-2)24-16-12-14-18-26(24)32-22(4)30/h11-18,27-28H,5-8H2,1-4H3. The summed E-state index contributed by atoms with van der Waals surface area (Å²) in [6.45, 7) is 6.93. The molecule has 0 heterocycles. The highest BCUT2D eigenvalue weighted by Gasteiger charge is 2.23. The van der Waals surface area contributed by atoms with Crippen molar-refractivity contribution < 1.29 is 19.1 Å². The summed E-state index contributed by atoms with van der Waals surface area (Å²) in [7, 11) is 0. The van der Waals surface area contributed by atoms with E-state index in [1.165, 1.54) is 13.8 Å². The second-order valence-electron chi connectivity index (χ2n) is 7.30. The molecule has 5 heteroatoms. The van der Waals surface area contributed by atoms with Gasteiger partial charge in [0.05, 0.1) is 10.5 Å². The van der Waals surface area contributed by atoms with E-state index < -0.39 is 0 Å². The highest BCUT2D eigenvalue weighted by atomic mass is 32.2. The zero-order valence-electron chi connectivity index (χ0n) is 19.6. The Bertz CT molecular complexity index is 983. The highest BCUT2D eigenvalue weighted by molar-refractivity contribution is 8.00. The number of unbranched alkanes of at least 4 members (excludes halogenated alkanes) is 2. The summed E-state index contributed by atoms with van der Waals surface area (Å²) in [6, 6.07) is 14.9. The van der Waals surface area contributed by atoms with E-state index in [-0.39, 0.29) is 22.4 Å². The van der Waals surface area contributed by atoms with Crippen molar-refractivity contribution in [1.29, 1.82) is 0 Å². The summed E-state index contributed by atoms with van der Waals surface area (Å²) in [5.41, 5.74) is 1.63. The molecule has 0 aliphatic carbocycles. The van der Waals surface area contributed by atoms with Gasteiger partial charge in [0.1, 0.15) is 11.5 Å². The molecule has 2 rings (SSSR count). The van der Waals surface area contributed by atoms with E-state index >= 15 is 0 Å². The number of rotatable bonds is 8. The third kappa shape index (κ3) is 8.72. The molecule has 2 aromatic carbocycles. The van der Waals surface area contributed by atoms with E-state index in [1.54, 1.807) is 23.9 Å². The summed E-state index contributed by atoms with van der Waals surface area (Å²) >= 11 is 1.55. The molecular formula is C28H30O4S. The van der Waals surface area contributed by atoms with Crippen LogP contribution in [0, 0.1) is 23.7 Å². The Kier molecular flexibility index (Phi) is 11.1. The maximum absolute atomic E-state index is 11.7. The van der Waals surface area contributed by atoms with Gasteiger partial charge in [0, 0.05) is 37.8 Å². The number of hydrogen-bond acceptors (Lipinski definition) is 5. The molecule has 0 spiro atoms. The molecule has 0 radical (unpaired) electrons. The number of benzene rings is 2. The van der Waals surface area contributed by atoms with Crippen LogP contribution < -0.4 is 9.47 Å². The first kappa shape index (κ1) is 26.1. The minimum atomic E-state index is -0.382. The largest absolute Gasteiger partial charge is 0.426 e. The molecule has 2 atom stereocenters. The topological polar surface area (TPSA) is 52.6 Å². The van der Waals surface area contributed by atoms with Gasteiger partial charge >= 0.3 is 11.9 Å². The predicted molar refractivity (Wildman–Crippen MR) is 134 cm³/mol. The lowest BCUT2D eigenvalue weighted by Crippen LogP contribution is -2.08. The molecule has 0 N–H and O–H groups in total. The Morgan fingerprint density at radius 3 is 1.52 bits per heavy atom. The third-order valence-electron chi connectivity index (χ3n) is 4.40. The Balaban J connectivity index is 2.54. The number of carbonyl (C=O) groups excluding carboxylic acids is 2. The quantitative estimate of drug-likeness (QED) is 0.249. The van der Waals surface area contributed by atoms with Crippen LogP contribution in [0.3, 0.4) is 0 Å². The van der Waals surface area contributed by atoms with Crippen LogP contribution in [-0.4, -0.2) is 11.9 Å². The monoisotopic (exact) mass is 462 g/mol. The zero-order valence-corrected chi connectivity index (χ0v) is 20.5. The van der Waals surface area contributed by atoms with Crippen LogP contribution in [0.2, 0.25) is 0 Å². The van der Waals surface area contributed by atoms with E-state index in [4.69, 9.17) is 9.47 Å². The molecule has 172 valence electrons. The lowest BCUT2D eigenvalue weighted by Gasteiger charge is -2.20. The summed E-state index contributed by atoms with van der Waals surface area (Å²) < 4.78 is 10.9. The van der Waals surface area contributed by atoms with Crippen LogP contribution in [0.25, 0.3) is 0 Å². The molecule has 0 saturated carbocycles. The molecule has 0 saturated heterocycles. The van der Waals surface area contributed by atoms with Crippen molar-refractivity contribution in [3.63, 3.8) is 0 Å². The molecule has 0 amide bonds. The van der Waals surface area contributed by atoms with Gasteiger partial charge in [0.25, 0.3) is 0 Å². The molecule has 0 aliphatic heterocycles. The maximum atomic E-state index is 11.7. The average molecular weight is 463 g/mol. The third-order valence-corrected chi connectivity index (χ3v) is 5.69. The smallest absolute Gasteiger partial charge is 0.308 e. The summed E-state index contributed by atoms with van der Waals surface area (Å²) in [5, 5.41) is -0.586. The first-order valence-electron chi connectivity index (χ1n) is 11.1. The number of carbonyl (C=O) groups is 2. The van der Waals surface area contributed by atoms with Gasteiger partial charge in [-0.15, -0.1) is 23.6 Å². The number of para-hydroxylation sites is 2.